The van der Waals surface area contributed by atoms with Gasteiger partial charge in [0, 0.05) is 9.13 Å². The van der Waals surface area contributed by atoms with Gasteiger partial charge in [-0.3, -0.25) is 4.79 Å². The fourth-order valence-corrected chi connectivity index (χ4v) is 1.99. The minimum Gasteiger partial charge on any atom is -0.319 e. The van der Waals surface area contributed by atoms with Crippen molar-refractivity contribution in [2.75, 3.05) is 5.32 Å². The van der Waals surface area contributed by atoms with E-state index >= 15 is 0 Å². The van der Waals surface area contributed by atoms with E-state index in [0.29, 0.717) is 5.56 Å². The van der Waals surface area contributed by atoms with Gasteiger partial charge < -0.3 is 5.32 Å². The molecule has 2 nitrogen and oxygen atoms in total. The topological polar surface area (TPSA) is 29.1 Å². The molecule has 98 valence electrons. The van der Waals surface area contributed by atoms with E-state index in [0.717, 1.165) is 15.7 Å². The van der Waals surface area contributed by atoms with Gasteiger partial charge in [-0.1, -0.05) is 6.07 Å². The first-order valence-electron chi connectivity index (χ1n) is 5.19. The summed E-state index contributed by atoms with van der Waals surface area (Å²) < 4.78 is 40.0. The van der Waals surface area contributed by atoms with Gasteiger partial charge in [-0.15, -0.1) is 0 Å². The highest BCUT2D eigenvalue weighted by atomic mass is 127. The number of carbonyl (C=O) groups excluding carboxylic acids is 1. The molecular weight excluding hydrogens is 370 g/mol. The molecular formula is C13H7F3INO. The van der Waals surface area contributed by atoms with E-state index in [9.17, 15) is 18.0 Å². The van der Waals surface area contributed by atoms with E-state index in [1.54, 1.807) is 18.2 Å². The summed E-state index contributed by atoms with van der Waals surface area (Å²) >= 11 is 2.02. The Bertz CT molecular complexity index is 646. The molecule has 2 rings (SSSR count). The van der Waals surface area contributed by atoms with E-state index in [1.165, 1.54) is 6.07 Å². The average molecular weight is 377 g/mol. The van der Waals surface area contributed by atoms with Gasteiger partial charge in [-0.25, -0.2) is 13.2 Å². The summed E-state index contributed by atoms with van der Waals surface area (Å²) in [7, 11) is 0. The lowest BCUT2D eigenvalue weighted by Gasteiger charge is -2.07. The number of carbonyl (C=O) groups is 1. The van der Waals surface area contributed by atoms with Gasteiger partial charge in [0.1, 0.15) is 0 Å². The Kier molecular flexibility index (Phi) is 4.08. The Labute approximate surface area is 120 Å². The largest absolute Gasteiger partial charge is 0.319 e. The highest BCUT2D eigenvalue weighted by Gasteiger charge is 2.15. The second-order valence-corrected chi connectivity index (χ2v) is 4.93. The van der Waals surface area contributed by atoms with Crippen molar-refractivity contribution in [3.8, 4) is 0 Å². The molecule has 0 aliphatic heterocycles. The number of benzene rings is 2. The van der Waals surface area contributed by atoms with Crippen LogP contribution in [0, 0.1) is 21.0 Å². The molecule has 0 saturated carbocycles. The van der Waals surface area contributed by atoms with E-state index in [4.69, 9.17) is 0 Å². The number of anilines is 1. The van der Waals surface area contributed by atoms with Crippen LogP contribution in [0.5, 0.6) is 0 Å². The van der Waals surface area contributed by atoms with E-state index in [-0.39, 0.29) is 0 Å². The van der Waals surface area contributed by atoms with Crippen LogP contribution in [0.25, 0.3) is 0 Å². The summed E-state index contributed by atoms with van der Waals surface area (Å²) in [4.78, 5) is 11.8. The molecule has 6 heteroatoms. The molecule has 0 heterocycles. The van der Waals surface area contributed by atoms with Crippen LogP contribution >= 0.6 is 22.6 Å². The van der Waals surface area contributed by atoms with Crippen LogP contribution in [0.3, 0.4) is 0 Å². The molecule has 0 fully saturated rings. The minimum absolute atomic E-state index is 0.302. The van der Waals surface area contributed by atoms with Crippen LogP contribution in [-0.2, 0) is 0 Å². The maximum absolute atomic E-state index is 13.4. The van der Waals surface area contributed by atoms with Crippen LogP contribution in [-0.4, -0.2) is 5.91 Å². The SMILES string of the molecule is O=C(Nc1ccc(F)c(F)c1F)c1cccc(I)c1. The summed E-state index contributed by atoms with van der Waals surface area (Å²) in [5.74, 6) is -4.92. The normalized spacial score (nSPS) is 10.3. The first-order valence-corrected chi connectivity index (χ1v) is 6.27. The van der Waals surface area contributed by atoms with Crippen molar-refractivity contribution in [2.45, 2.75) is 0 Å². The zero-order chi connectivity index (χ0) is 14.0. The molecule has 2 aromatic carbocycles. The molecule has 1 N–H and O–H groups in total. The molecule has 0 aliphatic rings. The molecule has 0 bridgehead atoms. The zero-order valence-electron chi connectivity index (χ0n) is 9.38. The Morgan fingerprint density at radius 3 is 2.47 bits per heavy atom. The zero-order valence-corrected chi connectivity index (χ0v) is 11.5. The molecule has 0 aromatic heterocycles. The number of rotatable bonds is 2. The average Bonchev–Trinajstić information content (AvgIpc) is 2.39. The van der Waals surface area contributed by atoms with E-state index in [2.05, 4.69) is 5.32 Å². The maximum atomic E-state index is 13.4. The lowest BCUT2D eigenvalue weighted by molar-refractivity contribution is 0.102. The molecule has 0 saturated heterocycles. The Balaban J connectivity index is 2.27. The monoisotopic (exact) mass is 377 g/mol. The molecule has 0 spiro atoms. The third kappa shape index (κ3) is 3.06. The molecule has 0 atom stereocenters. The smallest absolute Gasteiger partial charge is 0.255 e. The number of halogens is 4. The summed E-state index contributed by atoms with van der Waals surface area (Å²) in [5, 5.41) is 2.20. The predicted octanol–water partition coefficient (Wildman–Crippen LogP) is 3.96. The number of hydrogen-bond acceptors (Lipinski definition) is 1. The first-order chi connectivity index (χ1) is 8.99. The van der Waals surface area contributed by atoms with E-state index in [1.807, 2.05) is 22.6 Å². The fourth-order valence-electron chi connectivity index (χ4n) is 1.45. The van der Waals surface area contributed by atoms with Gasteiger partial charge in [0.15, 0.2) is 17.5 Å². The van der Waals surface area contributed by atoms with Crippen molar-refractivity contribution in [2.24, 2.45) is 0 Å². The fraction of sp³-hybridized carbons (Fsp3) is 0. The van der Waals surface area contributed by atoms with Gasteiger partial charge >= 0.3 is 0 Å². The lowest BCUT2D eigenvalue weighted by Crippen LogP contribution is -2.14. The van der Waals surface area contributed by atoms with Gasteiger partial charge in [0.2, 0.25) is 0 Å². The molecule has 2 aromatic rings. The minimum atomic E-state index is -1.61. The standard InChI is InChI=1S/C13H7F3INO/c14-9-4-5-10(12(16)11(9)15)18-13(19)7-2-1-3-8(17)6-7/h1-6H,(H,18,19). The third-order valence-corrected chi connectivity index (χ3v) is 3.04. The Morgan fingerprint density at radius 2 is 1.79 bits per heavy atom. The molecule has 1 amide bonds. The Hall–Kier alpha value is -1.57. The Morgan fingerprint density at radius 1 is 1.05 bits per heavy atom. The van der Waals surface area contributed by atoms with Crippen molar-refractivity contribution < 1.29 is 18.0 Å². The van der Waals surface area contributed by atoms with Gasteiger partial charge in [0.25, 0.3) is 5.91 Å². The number of amides is 1. The summed E-state index contributed by atoms with van der Waals surface area (Å²) in [6.07, 6.45) is 0. The van der Waals surface area contributed by atoms with Gasteiger partial charge in [-0.05, 0) is 52.9 Å². The highest BCUT2D eigenvalue weighted by Crippen LogP contribution is 2.20. The molecule has 0 radical (unpaired) electrons. The molecule has 19 heavy (non-hydrogen) atoms. The first kappa shape index (κ1) is 13.9. The summed E-state index contributed by atoms with van der Waals surface area (Å²) in [5.41, 5.74) is -0.0983. The molecule has 0 aliphatic carbocycles. The van der Waals surface area contributed by atoms with Crippen LogP contribution < -0.4 is 5.32 Å². The van der Waals surface area contributed by atoms with Crippen LogP contribution in [0.2, 0.25) is 0 Å². The van der Waals surface area contributed by atoms with Gasteiger partial charge in [0.05, 0.1) is 5.69 Å². The maximum Gasteiger partial charge on any atom is 0.255 e. The van der Waals surface area contributed by atoms with Gasteiger partial charge in [-0.2, -0.15) is 0 Å². The van der Waals surface area contributed by atoms with Crippen molar-refractivity contribution in [3.05, 3.63) is 63.0 Å². The number of nitrogens with one attached hydrogen (secondary N) is 1. The summed E-state index contributed by atoms with van der Waals surface area (Å²) in [6, 6.07) is 8.30. The van der Waals surface area contributed by atoms with Crippen LogP contribution in [0.1, 0.15) is 10.4 Å². The quantitative estimate of drug-likeness (QED) is 0.623. The second-order valence-electron chi connectivity index (χ2n) is 3.69. The van der Waals surface area contributed by atoms with Crippen LogP contribution in [0.15, 0.2) is 36.4 Å². The van der Waals surface area contributed by atoms with Crippen molar-refractivity contribution >= 4 is 34.2 Å². The molecule has 0 unspecified atom stereocenters. The summed E-state index contributed by atoms with van der Waals surface area (Å²) in [6.45, 7) is 0. The van der Waals surface area contributed by atoms with Crippen molar-refractivity contribution in [3.63, 3.8) is 0 Å². The third-order valence-electron chi connectivity index (χ3n) is 2.37. The number of hydrogen-bond donors (Lipinski definition) is 1. The second kappa shape index (κ2) is 5.60. The van der Waals surface area contributed by atoms with Crippen molar-refractivity contribution in [1.82, 2.24) is 0 Å². The predicted molar refractivity (Wildman–Crippen MR) is 73.4 cm³/mol. The van der Waals surface area contributed by atoms with Crippen LogP contribution in [0.4, 0.5) is 18.9 Å². The van der Waals surface area contributed by atoms with Crippen molar-refractivity contribution in [1.29, 1.82) is 0 Å². The lowest BCUT2D eigenvalue weighted by atomic mass is 10.2. The highest BCUT2D eigenvalue weighted by molar-refractivity contribution is 14.1. The van der Waals surface area contributed by atoms with E-state index < -0.39 is 29.0 Å².